The van der Waals surface area contributed by atoms with Crippen LogP contribution >= 0.6 is 11.6 Å². The van der Waals surface area contributed by atoms with Crippen LogP contribution in [0, 0.1) is 5.82 Å². The fourth-order valence-corrected chi connectivity index (χ4v) is 2.02. The first kappa shape index (κ1) is 16.8. The molecule has 2 N–H and O–H groups in total. The fraction of sp³-hybridized carbons (Fsp3) is 0.125. The first-order valence-corrected chi connectivity index (χ1v) is 7.14. The molecule has 0 saturated heterocycles. The lowest BCUT2D eigenvalue weighted by Gasteiger charge is -2.08. The number of nitrogens with one attached hydrogen (secondary N) is 1. The normalized spacial score (nSPS) is 10.7. The third-order valence-electron chi connectivity index (χ3n) is 2.85. The van der Waals surface area contributed by atoms with Gasteiger partial charge in [-0.25, -0.2) is 9.82 Å². The van der Waals surface area contributed by atoms with E-state index in [2.05, 4.69) is 10.5 Å². The molecule has 120 valence electrons. The smallest absolute Gasteiger partial charge is 0.274 e. The number of carbonyl (C=O) groups is 1. The van der Waals surface area contributed by atoms with E-state index in [1.54, 1.807) is 13.0 Å². The summed E-state index contributed by atoms with van der Waals surface area (Å²) < 4.78 is 18.7. The van der Waals surface area contributed by atoms with Gasteiger partial charge in [0.2, 0.25) is 0 Å². The van der Waals surface area contributed by atoms with E-state index in [0.29, 0.717) is 12.2 Å². The van der Waals surface area contributed by atoms with E-state index in [0.717, 1.165) is 0 Å². The van der Waals surface area contributed by atoms with Crippen LogP contribution in [0.3, 0.4) is 0 Å². The number of amides is 1. The number of hydrogen-bond acceptors (Lipinski definition) is 4. The van der Waals surface area contributed by atoms with Gasteiger partial charge in [0.05, 0.1) is 23.4 Å². The predicted molar refractivity (Wildman–Crippen MR) is 85.7 cm³/mol. The third-order valence-corrected chi connectivity index (χ3v) is 3.14. The average Bonchev–Trinajstić information content (AvgIpc) is 2.52. The molecule has 0 aliphatic rings. The predicted octanol–water partition coefficient (Wildman–Crippen LogP) is 3.35. The fourth-order valence-electron chi connectivity index (χ4n) is 1.80. The number of ether oxygens (including phenoxy) is 1. The summed E-state index contributed by atoms with van der Waals surface area (Å²) in [6.45, 7) is 2.12. The topological polar surface area (TPSA) is 70.9 Å². The van der Waals surface area contributed by atoms with Crippen LogP contribution in [0.1, 0.15) is 22.8 Å². The van der Waals surface area contributed by atoms with Crippen LogP contribution in [0.15, 0.2) is 41.5 Å². The van der Waals surface area contributed by atoms with Crippen LogP contribution in [-0.2, 0) is 0 Å². The molecule has 0 radical (unpaired) electrons. The van der Waals surface area contributed by atoms with Gasteiger partial charge in [-0.3, -0.25) is 4.79 Å². The number of phenolic OH excluding ortho intramolecular Hbond substituents is 1. The summed E-state index contributed by atoms with van der Waals surface area (Å²) in [6, 6.07) is 8.55. The molecule has 0 aromatic heterocycles. The minimum absolute atomic E-state index is 0.0952. The zero-order chi connectivity index (χ0) is 16.8. The molecule has 0 fully saturated rings. The number of halogens is 2. The largest absolute Gasteiger partial charge is 0.503 e. The molecule has 23 heavy (non-hydrogen) atoms. The van der Waals surface area contributed by atoms with Crippen LogP contribution in [0.25, 0.3) is 0 Å². The standard InChI is InChI=1S/C16H14ClFN2O3/c1-2-23-14-8-10(7-12(17)15(14)21)9-19-20-16(22)11-5-3-4-6-13(11)18/h3-9,21H,2H2,1H3,(H,20,22)/b19-9+. The van der Waals surface area contributed by atoms with Crippen LogP contribution in [0.5, 0.6) is 11.5 Å². The van der Waals surface area contributed by atoms with Crippen LogP contribution in [-0.4, -0.2) is 23.8 Å². The lowest BCUT2D eigenvalue weighted by molar-refractivity contribution is 0.0951. The van der Waals surface area contributed by atoms with Gasteiger partial charge in [0.1, 0.15) is 5.82 Å². The monoisotopic (exact) mass is 336 g/mol. The molecule has 5 nitrogen and oxygen atoms in total. The number of rotatable bonds is 5. The summed E-state index contributed by atoms with van der Waals surface area (Å²) in [5.74, 6) is -1.26. The highest BCUT2D eigenvalue weighted by Gasteiger charge is 2.10. The zero-order valence-corrected chi connectivity index (χ0v) is 13.0. The van der Waals surface area contributed by atoms with Gasteiger partial charge in [-0.1, -0.05) is 23.7 Å². The Balaban J connectivity index is 2.12. The van der Waals surface area contributed by atoms with Gasteiger partial charge in [0.15, 0.2) is 11.5 Å². The Morgan fingerprint density at radius 2 is 2.17 bits per heavy atom. The Hall–Kier alpha value is -2.60. The molecule has 0 aliphatic heterocycles. The molecule has 2 aromatic rings. The summed E-state index contributed by atoms with van der Waals surface area (Å²) in [5.41, 5.74) is 2.61. The number of hydrogen-bond donors (Lipinski definition) is 2. The molecular weight excluding hydrogens is 323 g/mol. The molecule has 2 aromatic carbocycles. The number of aromatic hydroxyl groups is 1. The molecule has 7 heteroatoms. The number of phenols is 1. The molecule has 2 rings (SSSR count). The molecule has 0 unspecified atom stereocenters. The highest BCUT2D eigenvalue weighted by Crippen LogP contribution is 2.34. The number of carbonyl (C=O) groups excluding carboxylic acids is 1. The zero-order valence-electron chi connectivity index (χ0n) is 12.2. The van der Waals surface area contributed by atoms with Crippen molar-refractivity contribution >= 4 is 23.7 Å². The summed E-state index contributed by atoms with van der Waals surface area (Å²) in [7, 11) is 0. The van der Waals surface area contributed by atoms with E-state index in [1.165, 1.54) is 36.5 Å². The van der Waals surface area contributed by atoms with E-state index in [-0.39, 0.29) is 22.1 Å². The molecule has 0 bridgehead atoms. The van der Waals surface area contributed by atoms with E-state index >= 15 is 0 Å². The molecule has 0 saturated carbocycles. The van der Waals surface area contributed by atoms with E-state index in [1.807, 2.05) is 0 Å². The second-order valence-electron chi connectivity index (χ2n) is 4.46. The molecule has 0 heterocycles. The van der Waals surface area contributed by atoms with Gasteiger partial charge in [-0.2, -0.15) is 5.10 Å². The van der Waals surface area contributed by atoms with Gasteiger partial charge >= 0.3 is 0 Å². The number of benzene rings is 2. The van der Waals surface area contributed by atoms with Crippen molar-refractivity contribution in [3.63, 3.8) is 0 Å². The van der Waals surface area contributed by atoms with Gasteiger partial charge < -0.3 is 9.84 Å². The van der Waals surface area contributed by atoms with Crippen molar-refractivity contribution in [2.24, 2.45) is 5.10 Å². The Labute approximate surface area is 137 Å². The van der Waals surface area contributed by atoms with E-state index < -0.39 is 11.7 Å². The highest BCUT2D eigenvalue weighted by molar-refractivity contribution is 6.32. The Kier molecular flexibility index (Phi) is 5.54. The maximum absolute atomic E-state index is 13.5. The second-order valence-corrected chi connectivity index (χ2v) is 4.87. The highest BCUT2D eigenvalue weighted by atomic mass is 35.5. The first-order chi connectivity index (χ1) is 11.0. The van der Waals surface area contributed by atoms with Crippen molar-refractivity contribution in [1.82, 2.24) is 5.43 Å². The molecular formula is C16H14ClFN2O3. The van der Waals surface area contributed by atoms with Crippen LogP contribution < -0.4 is 10.2 Å². The van der Waals surface area contributed by atoms with Gasteiger partial charge in [-0.05, 0) is 36.8 Å². The maximum Gasteiger partial charge on any atom is 0.274 e. The van der Waals surface area contributed by atoms with Gasteiger partial charge in [0.25, 0.3) is 5.91 Å². The minimum Gasteiger partial charge on any atom is -0.503 e. The Morgan fingerprint density at radius 3 is 2.87 bits per heavy atom. The SMILES string of the molecule is CCOc1cc(/C=N/NC(=O)c2ccccc2F)cc(Cl)c1O. The minimum atomic E-state index is -0.672. The Morgan fingerprint density at radius 1 is 1.43 bits per heavy atom. The van der Waals surface area contributed by atoms with Gasteiger partial charge in [0, 0.05) is 0 Å². The van der Waals surface area contributed by atoms with E-state index in [4.69, 9.17) is 16.3 Å². The van der Waals surface area contributed by atoms with E-state index in [9.17, 15) is 14.3 Å². The summed E-state index contributed by atoms with van der Waals surface area (Å²) in [4.78, 5) is 11.8. The molecule has 0 aliphatic carbocycles. The third kappa shape index (κ3) is 4.20. The lowest BCUT2D eigenvalue weighted by Crippen LogP contribution is -2.18. The number of nitrogens with zero attached hydrogens (tertiary/aromatic N) is 1. The van der Waals surface area contributed by atoms with Crippen molar-refractivity contribution < 1.29 is 19.0 Å². The molecule has 0 atom stereocenters. The van der Waals surface area contributed by atoms with Crippen LogP contribution in [0.4, 0.5) is 4.39 Å². The van der Waals surface area contributed by atoms with Crippen molar-refractivity contribution in [2.45, 2.75) is 6.92 Å². The van der Waals surface area contributed by atoms with Crippen molar-refractivity contribution in [1.29, 1.82) is 0 Å². The van der Waals surface area contributed by atoms with Crippen molar-refractivity contribution in [3.05, 3.63) is 58.4 Å². The van der Waals surface area contributed by atoms with Crippen LogP contribution in [0.2, 0.25) is 5.02 Å². The maximum atomic E-state index is 13.5. The molecule has 0 spiro atoms. The summed E-state index contributed by atoms with van der Waals surface area (Å²) in [6.07, 6.45) is 1.31. The number of hydrazone groups is 1. The quantitative estimate of drug-likeness (QED) is 0.649. The first-order valence-electron chi connectivity index (χ1n) is 6.76. The summed E-state index contributed by atoms with van der Waals surface area (Å²) in [5, 5.41) is 13.6. The molecule has 1 amide bonds. The second kappa shape index (κ2) is 7.60. The lowest BCUT2D eigenvalue weighted by atomic mass is 10.2. The van der Waals surface area contributed by atoms with Crippen molar-refractivity contribution in [2.75, 3.05) is 6.61 Å². The van der Waals surface area contributed by atoms with Crippen molar-refractivity contribution in [3.8, 4) is 11.5 Å². The van der Waals surface area contributed by atoms with Gasteiger partial charge in [-0.15, -0.1) is 0 Å². The average molecular weight is 337 g/mol. The summed E-state index contributed by atoms with van der Waals surface area (Å²) >= 11 is 5.88. The Bertz CT molecular complexity index is 750.